The highest BCUT2D eigenvalue weighted by atomic mass is 16.3. The minimum Gasteiger partial charge on any atom is -0.384 e. The maximum absolute atomic E-state index is 12.6. The van der Waals surface area contributed by atoms with E-state index >= 15 is 0 Å². The lowest BCUT2D eigenvalue weighted by Gasteiger charge is -2.25. The van der Waals surface area contributed by atoms with E-state index in [1.165, 1.54) is 12.5 Å². The van der Waals surface area contributed by atoms with Crippen LogP contribution >= 0.6 is 0 Å². The molecule has 1 aliphatic heterocycles. The smallest absolute Gasteiger partial charge is 0.248 e. The zero-order chi connectivity index (χ0) is 17.5. The number of carbonyl (C=O) groups excluding carboxylic acids is 2. The number of aliphatic hydroxyl groups is 1. The fourth-order valence-electron chi connectivity index (χ4n) is 3.14. The van der Waals surface area contributed by atoms with Crippen LogP contribution in [0, 0.1) is 0 Å². The van der Waals surface area contributed by atoms with Gasteiger partial charge in [0.2, 0.25) is 11.8 Å². The molecule has 0 spiro atoms. The van der Waals surface area contributed by atoms with Crippen LogP contribution < -0.4 is 5.32 Å². The Labute approximate surface area is 144 Å². The van der Waals surface area contributed by atoms with Crippen molar-refractivity contribution in [1.29, 1.82) is 0 Å². The van der Waals surface area contributed by atoms with Crippen molar-refractivity contribution in [3.8, 4) is 0 Å². The standard InChI is InChI=1S/C19H28N2O3/c1-3-15-6-8-16(9-7-15)13-18(23)21-12-4-5-17(21)10-11-20-19(24)14(2)22/h6-9,14,17,22H,3-5,10-13H2,1-2H3,(H,20,24)/t14?,17-/m1/s1. The van der Waals surface area contributed by atoms with Gasteiger partial charge in [-0.05, 0) is 43.7 Å². The molecule has 2 N–H and O–H groups in total. The molecule has 24 heavy (non-hydrogen) atoms. The third kappa shape index (κ3) is 5.06. The Bertz CT molecular complexity index is 554. The van der Waals surface area contributed by atoms with E-state index in [-0.39, 0.29) is 17.9 Å². The molecule has 0 radical (unpaired) electrons. The zero-order valence-corrected chi connectivity index (χ0v) is 14.6. The molecule has 1 saturated heterocycles. The normalized spacial score (nSPS) is 18.5. The van der Waals surface area contributed by atoms with Crippen LogP contribution in [0.4, 0.5) is 0 Å². The van der Waals surface area contributed by atoms with E-state index in [1.807, 2.05) is 17.0 Å². The summed E-state index contributed by atoms with van der Waals surface area (Å²) in [5, 5.41) is 11.9. The number of hydrogen-bond donors (Lipinski definition) is 2. The summed E-state index contributed by atoms with van der Waals surface area (Å²) < 4.78 is 0. The van der Waals surface area contributed by atoms with E-state index in [4.69, 9.17) is 0 Å². The second-order valence-electron chi connectivity index (χ2n) is 6.49. The van der Waals surface area contributed by atoms with Crippen molar-refractivity contribution in [3.63, 3.8) is 0 Å². The molecule has 0 saturated carbocycles. The molecule has 5 nitrogen and oxygen atoms in total. The lowest BCUT2D eigenvalue weighted by Crippen LogP contribution is -2.40. The number of rotatable bonds is 7. The van der Waals surface area contributed by atoms with Crippen LogP contribution in [0.2, 0.25) is 0 Å². The first kappa shape index (κ1) is 18.5. The Balaban J connectivity index is 1.84. The number of aryl methyl sites for hydroxylation is 1. The summed E-state index contributed by atoms with van der Waals surface area (Å²) >= 11 is 0. The van der Waals surface area contributed by atoms with Gasteiger partial charge in [-0.1, -0.05) is 31.2 Å². The Morgan fingerprint density at radius 1 is 1.29 bits per heavy atom. The summed E-state index contributed by atoms with van der Waals surface area (Å²) in [5.74, 6) is -0.203. The average molecular weight is 332 g/mol. The molecule has 0 aromatic heterocycles. The van der Waals surface area contributed by atoms with Gasteiger partial charge in [-0.25, -0.2) is 0 Å². The number of nitrogens with zero attached hydrogens (tertiary/aromatic N) is 1. The van der Waals surface area contributed by atoms with Gasteiger partial charge in [-0.2, -0.15) is 0 Å². The quantitative estimate of drug-likeness (QED) is 0.798. The van der Waals surface area contributed by atoms with Gasteiger partial charge in [0.1, 0.15) is 6.10 Å². The summed E-state index contributed by atoms with van der Waals surface area (Å²) in [6, 6.07) is 8.41. The number of carbonyl (C=O) groups is 2. The van der Waals surface area contributed by atoms with Crippen molar-refractivity contribution < 1.29 is 14.7 Å². The monoisotopic (exact) mass is 332 g/mol. The predicted octanol–water partition coefficient (Wildman–Crippen LogP) is 1.67. The molecule has 2 amide bonds. The van der Waals surface area contributed by atoms with Crippen LogP contribution in [0.5, 0.6) is 0 Å². The van der Waals surface area contributed by atoms with Gasteiger partial charge in [0, 0.05) is 19.1 Å². The maximum Gasteiger partial charge on any atom is 0.248 e. The van der Waals surface area contributed by atoms with Crippen molar-refractivity contribution in [1.82, 2.24) is 10.2 Å². The third-order valence-corrected chi connectivity index (χ3v) is 4.64. The summed E-state index contributed by atoms with van der Waals surface area (Å²) in [7, 11) is 0. The molecule has 5 heteroatoms. The van der Waals surface area contributed by atoms with Crippen LogP contribution in [0.1, 0.15) is 44.2 Å². The van der Waals surface area contributed by atoms with Crippen molar-refractivity contribution in [3.05, 3.63) is 35.4 Å². The van der Waals surface area contributed by atoms with Crippen molar-refractivity contribution >= 4 is 11.8 Å². The van der Waals surface area contributed by atoms with Crippen LogP contribution in [-0.2, 0) is 22.4 Å². The topological polar surface area (TPSA) is 69.6 Å². The first-order valence-electron chi connectivity index (χ1n) is 8.84. The number of hydrogen-bond acceptors (Lipinski definition) is 3. The molecule has 1 aromatic rings. The van der Waals surface area contributed by atoms with Crippen molar-refractivity contribution in [2.75, 3.05) is 13.1 Å². The zero-order valence-electron chi connectivity index (χ0n) is 14.6. The molecule has 2 atom stereocenters. The Kier molecular flexibility index (Phi) is 6.79. The second-order valence-corrected chi connectivity index (χ2v) is 6.49. The van der Waals surface area contributed by atoms with E-state index in [0.717, 1.165) is 37.8 Å². The summed E-state index contributed by atoms with van der Waals surface area (Å²) in [6.07, 6.45) is 3.16. The molecule has 1 aliphatic rings. The Morgan fingerprint density at radius 3 is 2.58 bits per heavy atom. The fourth-order valence-corrected chi connectivity index (χ4v) is 3.14. The van der Waals surface area contributed by atoms with E-state index in [1.54, 1.807) is 0 Å². The highest BCUT2D eigenvalue weighted by Crippen LogP contribution is 2.21. The predicted molar refractivity (Wildman–Crippen MR) is 93.6 cm³/mol. The highest BCUT2D eigenvalue weighted by molar-refractivity contribution is 5.80. The van der Waals surface area contributed by atoms with Gasteiger partial charge in [-0.15, -0.1) is 0 Å². The van der Waals surface area contributed by atoms with Gasteiger partial charge >= 0.3 is 0 Å². The largest absolute Gasteiger partial charge is 0.384 e. The molecule has 1 aromatic carbocycles. The van der Waals surface area contributed by atoms with Crippen LogP contribution in [-0.4, -0.2) is 47.1 Å². The first-order valence-corrected chi connectivity index (χ1v) is 8.84. The van der Waals surface area contributed by atoms with E-state index in [2.05, 4.69) is 24.4 Å². The molecule has 132 valence electrons. The molecular formula is C19H28N2O3. The lowest BCUT2D eigenvalue weighted by molar-refractivity contribution is -0.131. The minimum absolute atomic E-state index is 0.156. The fraction of sp³-hybridized carbons (Fsp3) is 0.579. The number of amides is 2. The van der Waals surface area contributed by atoms with Gasteiger partial charge in [0.25, 0.3) is 0 Å². The summed E-state index contributed by atoms with van der Waals surface area (Å²) in [4.78, 5) is 25.9. The van der Waals surface area contributed by atoms with E-state index in [0.29, 0.717) is 13.0 Å². The molecule has 1 heterocycles. The molecule has 1 fully saturated rings. The highest BCUT2D eigenvalue weighted by Gasteiger charge is 2.28. The maximum atomic E-state index is 12.6. The SMILES string of the molecule is CCc1ccc(CC(=O)N2CCC[C@@H]2CCNC(=O)C(C)O)cc1. The molecule has 2 rings (SSSR count). The van der Waals surface area contributed by atoms with Crippen LogP contribution in [0.25, 0.3) is 0 Å². The van der Waals surface area contributed by atoms with Gasteiger partial charge in [0.15, 0.2) is 0 Å². The van der Waals surface area contributed by atoms with Crippen LogP contribution in [0.3, 0.4) is 0 Å². The van der Waals surface area contributed by atoms with E-state index in [9.17, 15) is 14.7 Å². The average Bonchev–Trinajstić information content (AvgIpc) is 3.04. The van der Waals surface area contributed by atoms with Crippen LogP contribution in [0.15, 0.2) is 24.3 Å². The summed E-state index contributed by atoms with van der Waals surface area (Å²) in [6.45, 7) is 4.85. The third-order valence-electron chi connectivity index (χ3n) is 4.64. The number of benzene rings is 1. The second kappa shape index (κ2) is 8.83. The van der Waals surface area contributed by atoms with Crippen molar-refractivity contribution in [2.45, 2.75) is 58.1 Å². The molecule has 0 aliphatic carbocycles. The van der Waals surface area contributed by atoms with Gasteiger partial charge < -0.3 is 15.3 Å². The Hall–Kier alpha value is -1.88. The number of nitrogens with one attached hydrogen (secondary N) is 1. The number of likely N-dealkylation sites (tertiary alicyclic amines) is 1. The Morgan fingerprint density at radius 2 is 1.96 bits per heavy atom. The molecule has 0 bridgehead atoms. The first-order chi connectivity index (χ1) is 11.5. The van der Waals surface area contributed by atoms with Gasteiger partial charge in [-0.3, -0.25) is 9.59 Å². The van der Waals surface area contributed by atoms with E-state index < -0.39 is 6.10 Å². The minimum atomic E-state index is -0.989. The van der Waals surface area contributed by atoms with Crippen molar-refractivity contribution in [2.24, 2.45) is 0 Å². The lowest BCUT2D eigenvalue weighted by atomic mass is 10.1. The van der Waals surface area contributed by atoms with Gasteiger partial charge in [0.05, 0.1) is 6.42 Å². The molecule has 1 unspecified atom stereocenters. The number of aliphatic hydroxyl groups excluding tert-OH is 1. The summed E-state index contributed by atoms with van der Waals surface area (Å²) in [5.41, 5.74) is 2.32. The molecular weight excluding hydrogens is 304 g/mol.